The normalized spacial score (nSPS) is 18.2. The number of hydrogen-bond donors (Lipinski definition) is 0. The van der Waals surface area contributed by atoms with Gasteiger partial charge in [0.2, 0.25) is 0 Å². The third kappa shape index (κ3) is 4.12. The smallest absolute Gasteiger partial charge is 0.270 e. The number of anilines is 1. The van der Waals surface area contributed by atoms with Gasteiger partial charge < -0.3 is 4.90 Å². The van der Waals surface area contributed by atoms with Crippen LogP contribution in [0.1, 0.15) is 55.7 Å². The second-order valence-corrected chi connectivity index (χ2v) is 9.12. The summed E-state index contributed by atoms with van der Waals surface area (Å²) in [6.07, 6.45) is 7.01. The average Bonchev–Trinajstić information content (AvgIpc) is 3.31. The predicted molar refractivity (Wildman–Crippen MR) is 122 cm³/mol. The average molecular weight is 431 g/mol. The Morgan fingerprint density at radius 3 is 2.55 bits per heavy atom. The number of thiocarbonyl (C=S) groups is 1. The third-order valence-electron chi connectivity index (χ3n) is 5.51. The third-order valence-corrected chi connectivity index (χ3v) is 6.89. The van der Waals surface area contributed by atoms with Crippen LogP contribution in [0.15, 0.2) is 9.70 Å². The molecule has 154 valence electrons. The van der Waals surface area contributed by atoms with Gasteiger partial charge in [0.05, 0.1) is 4.91 Å². The number of aromatic nitrogens is 1. The molecule has 2 saturated heterocycles. The number of nitriles is 1. The lowest BCUT2D eigenvalue weighted by molar-refractivity contribution is -0.122. The van der Waals surface area contributed by atoms with Crippen molar-refractivity contribution in [3.63, 3.8) is 0 Å². The molecule has 1 amide bonds. The van der Waals surface area contributed by atoms with Crippen molar-refractivity contribution < 1.29 is 4.79 Å². The summed E-state index contributed by atoms with van der Waals surface area (Å²) in [5, 5.41) is 9.52. The van der Waals surface area contributed by atoms with Crippen LogP contribution in [0, 0.1) is 18.3 Å². The maximum Gasteiger partial charge on any atom is 0.270 e. The summed E-state index contributed by atoms with van der Waals surface area (Å²) in [6, 6.07) is 2.04. The van der Waals surface area contributed by atoms with Crippen molar-refractivity contribution in [3.8, 4) is 6.07 Å². The largest absolute Gasteiger partial charge is 0.357 e. The molecule has 0 saturated carbocycles. The van der Waals surface area contributed by atoms with E-state index in [2.05, 4.69) is 11.8 Å². The first-order valence-electron chi connectivity index (χ1n) is 10.0. The lowest BCUT2D eigenvalue weighted by Gasteiger charge is -2.25. The molecule has 0 N–H and O–H groups in total. The van der Waals surface area contributed by atoms with Crippen LogP contribution in [-0.4, -0.2) is 39.3 Å². The van der Waals surface area contributed by atoms with Crippen molar-refractivity contribution >= 4 is 46.1 Å². The van der Waals surface area contributed by atoms with Crippen LogP contribution in [0.2, 0.25) is 0 Å². The highest BCUT2D eigenvalue weighted by atomic mass is 32.2. The van der Waals surface area contributed by atoms with Gasteiger partial charge in [-0.1, -0.05) is 43.7 Å². The minimum Gasteiger partial charge on any atom is -0.357 e. The minimum atomic E-state index is -0.295. The Morgan fingerprint density at radius 2 is 1.93 bits per heavy atom. The molecule has 8 heteroatoms. The van der Waals surface area contributed by atoms with Crippen molar-refractivity contribution in [2.45, 2.75) is 46.0 Å². The quantitative estimate of drug-likeness (QED) is 0.390. The summed E-state index contributed by atoms with van der Waals surface area (Å²) in [6.45, 7) is 6.26. The zero-order valence-electron chi connectivity index (χ0n) is 17.2. The number of thioether (sulfide) groups is 1. The van der Waals surface area contributed by atoms with Crippen molar-refractivity contribution in [2.24, 2.45) is 7.05 Å². The number of amides is 1. The zero-order valence-corrected chi connectivity index (χ0v) is 18.8. The van der Waals surface area contributed by atoms with Crippen molar-refractivity contribution in [3.05, 3.63) is 31.9 Å². The molecule has 29 heavy (non-hydrogen) atoms. The van der Waals surface area contributed by atoms with E-state index in [0.29, 0.717) is 21.3 Å². The van der Waals surface area contributed by atoms with E-state index < -0.39 is 0 Å². The molecule has 3 heterocycles. The maximum absolute atomic E-state index is 13.0. The monoisotopic (exact) mass is 430 g/mol. The Morgan fingerprint density at radius 1 is 1.24 bits per heavy atom. The molecule has 0 atom stereocenters. The Hall–Kier alpha value is -2.11. The Bertz CT molecular complexity index is 968. The first-order chi connectivity index (χ1) is 13.9. The number of carbonyl (C=O) groups is 1. The van der Waals surface area contributed by atoms with Gasteiger partial charge in [0.1, 0.15) is 21.8 Å². The lowest BCUT2D eigenvalue weighted by atomic mass is 10.0. The number of hydrogen-bond acceptors (Lipinski definition) is 6. The maximum atomic E-state index is 13.0. The van der Waals surface area contributed by atoms with Gasteiger partial charge in [-0.05, 0) is 37.8 Å². The molecule has 1 aromatic rings. The Labute approximate surface area is 181 Å². The summed E-state index contributed by atoms with van der Waals surface area (Å²) < 4.78 is 2.12. The molecule has 0 unspecified atom stereocenters. The summed E-state index contributed by atoms with van der Waals surface area (Å²) >= 11 is 6.74. The molecular weight excluding hydrogens is 404 g/mol. The molecule has 0 radical (unpaired) electrons. The van der Waals surface area contributed by atoms with E-state index in [1.165, 1.54) is 11.8 Å². The van der Waals surface area contributed by atoms with E-state index in [9.17, 15) is 14.9 Å². The molecule has 0 aromatic carbocycles. The van der Waals surface area contributed by atoms with Gasteiger partial charge in [-0.25, -0.2) is 0 Å². The van der Waals surface area contributed by atoms with Crippen LogP contribution >= 0.6 is 24.0 Å². The van der Waals surface area contributed by atoms with Gasteiger partial charge in [-0.3, -0.25) is 19.1 Å². The Kier molecular flexibility index (Phi) is 6.81. The van der Waals surface area contributed by atoms with E-state index in [-0.39, 0.29) is 17.0 Å². The molecule has 0 aliphatic carbocycles. The van der Waals surface area contributed by atoms with Crippen molar-refractivity contribution in [1.29, 1.82) is 5.26 Å². The highest BCUT2D eigenvalue weighted by Gasteiger charge is 2.33. The van der Waals surface area contributed by atoms with Gasteiger partial charge in [0.15, 0.2) is 0 Å². The molecule has 2 aliphatic rings. The SMILES string of the molecule is CCCCCN1C(=O)C(=Cc2c(C)c(C#N)c(=O)n(C)c2N2CCCC2)SC1=S. The van der Waals surface area contributed by atoms with Crippen LogP contribution in [0.5, 0.6) is 0 Å². The van der Waals surface area contributed by atoms with Crippen LogP contribution < -0.4 is 10.5 Å². The number of unbranched alkanes of at least 4 members (excludes halogenated alkanes) is 2. The topological polar surface area (TPSA) is 69.3 Å². The van der Waals surface area contributed by atoms with Gasteiger partial charge in [0.25, 0.3) is 11.5 Å². The number of rotatable bonds is 6. The molecule has 6 nitrogen and oxygen atoms in total. The second-order valence-electron chi connectivity index (χ2n) is 7.45. The minimum absolute atomic E-state index is 0.0877. The van der Waals surface area contributed by atoms with Gasteiger partial charge in [-0.15, -0.1) is 0 Å². The fourth-order valence-corrected chi connectivity index (χ4v) is 5.16. The van der Waals surface area contributed by atoms with Crippen LogP contribution in [-0.2, 0) is 11.8 Å². The molecule has 2 fully saturated rings. The Balaban J connectivity index is 2.07. The summed E-state index contributed by atoms with van der Waals surface area (Å²) in [5.74, 6) is 0.690. The molecule has 1 aromatic heterocycles. The zero-order chi connectivity index (χ0) is 21.1. The van der Waals surface area contributed by atoms with Crippen LogP contribution in [0.25, 0.3) is 6.08 Å². The molecule has 2 aliphatic heterocycles. The number of nitrogens with zero attached hydrogens (tertiary/aromatic N) is 4. The van der Waals surface area contributed by atoms with Gasteiger partial charge in [-0.2, -0.15) is 5.26 Å². The highest BCUT2D eigenvalue weighted by Crippen LogP contribution is 2.36. The number of carbonyl (C=O) groups excluding carboxylic acids is 1. The fraction of sp³-hybridized carbons (Fsp3) is 0.524. The molecule has 0 spiro atoms. The van der Waals surface area contributed by atoms with E-state index >= 15 is 0 Å². The van der Waals surface area contributed by atoms with Crippen molar-refractivity contribution in [1.82, 2.24) is 9.47 Å². The predicted octanol–water partition coefficient (Wildman–Crippen LogP) is 3.56. The van der Waals surface area contributed by atoms with Crippen molar-refractivity contribution in [2.75, 3.05) is 24.5 Å². The fourth-order valence-electron chi connectivity index (χ4n) is 3.87. The van der Waals surface area contributed by atoms with E-state index in [1.807, 2.05) is 12.1 Å². The standard InChI is InChI=1S/C21H26N4O2S2/c1-4-5-6-11-25-20(27)17(29-21(25)28)12-15-14(2)16(13-22)19(26)23(3)18(15)24-9-7-8-10-24/h12H,4-11H2,1-3H3. The summed E-state index contributed by atoms with van der Waals surface area (Å²) in [5.41, 5.74) is 1.21. The molecule has 0 bridgehead atoms. The summed E-state index contributed by atoms with van der Waals surface area (Å²) in [4.78, 5) is 30.1. The first-order valence-corrected chi connectivity index (χ1v) is 11.3. The van der Waals surface area contributed by atoms with Crippen LogP contribution in [0.3, 0.4) is 0 Å². The highest BCUT2D eigenvalue weighted by molar-refractivity contribution is 8.26. The van der Waals surface area contributed by atoms with E-state index in [4.69, 9.17) is 12.2 Å². The second kappa shape index (κ2) is 9.14. The van der Waals surface area contributed by atoms with E-state index in [0.717, 1.165) is 56.6 Å². The van der Waals surface area contributed by atoms with Gasteiger partial charge in [0, 0.05) is 32.2 Å². The molecular formula is C21H26N4O2S2. The first kappa shape index (κ1) is 21.6. The summed E-state index contributed by atoms with van der Waals surface area (Å²) in [7, 11) is 1.70. The molecule has 3 rings (SSSR count). The number of pyridine rings is 1. The van der Waals surface area contributed by atoms with Crippen LogP contribution in [0.4, 0.5) is 5.82 Å². The lowest BCUT2D eigenvalue weighted by Crippen LogP contribution is -2.31. The van der Waals surface area contributed by atoms with E-state index in [1.54, 1.807) is 23.4 Å². The van der Waals surface area contributed by atoms with Gasteiger partial charge >= 0.3 is 0 Å².